The molecule has 1 N–H and O–H groups in total. The fourth-order valence-electron chi connectivity index (χ4n) is 1.72. The van der Waals surface area contributed by atoms with E-state index in [4.69, 9.17) is 5.11 Å². The molecule has 0 aliphatic carbocycles. The summed E-state index contributed by atoms with van der Waals surface area (Å²) >= 11 is 1.29. The first-order chi connectivity index (χ1) is 8.06. The fourth-order valence-corrected chi connectivity index (χ4v) is 2.48. The summed E-state index contributed by atoms with van der Waals surface area (Å²) in [5, 5.41) is 9.51. The van der Waals surface area contributed by atoms with Gasteiger partial charge in [0.1, 0.15) is 0 Å². The lowest BCUT2D eigenvalue weighted by Gasteiger charge is -2.14. The standard InChI is InChI=1S/C12H20N2O2S/c1-4-10(5-2)7-14-6-9(3)13-12(14)17-8-11(15)16/h6,10H,4-5,7-8H2,1-3H3,(H,15,16). The molecule has 1 rings (SSSR count). The SMILES string of the molecule is CCC(CC)Cn1cc(C)nc1SCC(=O)O. The molecule has 1 aromatic heterocycles. The number of aryl methyl sites for hydroxylation is 1. The topological polar surface area (TPSA) is 55.1 Å². The number of carboxylic acids is 1. The largest absolute Gasteiger partial charge is 0.481 e. The minimum Gasteiger partial charge on any atom is -0.481 e. The van der Waals surface area contributed by atoms with E-state index >= 15 is 0 Å². The van der Waals surface area contributed by atoms with Gasteiger partial charge in [0.15, 0.2) is 5.16 Å². The van der Waals surface area contributed by atoms with Crippen LogP contribution in [-0.2, 0) is 11.3 Å². The van der Waals surface area contributed by atoms with Gasteiger partial charge in [-0.25, -0.2) is 4.98 Å². The lowest BCUT2D eigenvalue weighted by molar-refractivity contribution is -0.133. The number of carbonyl (C=O) groups is 1. The second-order valence-corrected chi connectivity index (χ2v) is 5.12. The van der Waals surface area contributed by atoms with Gasteiger partial charge in [0.25, 0.3) is 0 Å². The average Bonchev–Trinajstić information content (AvgIpc) is 2.63. The Morgan fingerprint density at radius 2 is 2.18 bits per heavy atom. The molecule has 0 bridgehead atoms. The van der Waals surface area contributed by atoms with Gasteiger partial charge in [-0.05, 0) is 12.8 Å². The van der Waals surface area contributed by atoms with Crippen LogP contribution < -0.4 is 0 Å². The highest BCUT2D eigenvalue weighted by Gasteiger charge is 2.12. The third-order valence-electron chi connectivity index (χ3n) is 2.79. The zero-order valence-corrected chi connectivity index (χ0v) is 11.5. The van der Waals surface area contributed by atoms with Crippen LogP contribution in [0.3, 0.4) is 0 Å². The van der Waals surface area contributed by atoms with Gasteiger partial charge in [-0.2, -0.15) is 0 Å². The predicted molar refractivity (Wildman–Crippen MR) is 69.4 cm³/mol. The van der Waals surface area contributed by atoms with Crippen molar-refractivity contribution in [2.24, 2.45) is 5.92 Å². The first-order valence-electron chi connectivity index (χ1n) is 5.95. The second kappa shape index (κ2) is 6.69. The van der Waals surface area contributed by atoms with Gasteiger partial charge in [0, 0.05) is 12.7 Å². The van der Waals surface area contributed by atoms with E-state index in [0.717, 1.165) is 30.2 Å². The Morgan fingerprint density at radius 3 is 2.71 bits per heavy atom. The molecule has 0 fully saturated rings. The van der Waals surface area contributed by atoms with Crippen LogP contribution in [0, 0.1) is 12.8 Å². The number of aromatic nitrogens is 2. The molecular formula is C12H20N2O2S. The molecular weight excluding hydrogens is 236 g/mol. The molecule has 0 aliphatic rings. The van der Waals surface area contributed by atoms with Gasteiger partial charge in [-0.1, -0.05) is 38.5 Å². The van der Waals surface area contributed by atoms with Crippen LogP contribution in [0.5, 0.6) is 0 Å². The highest BCUT2D eigenvalue weighted by Crippen LogP contribution is 2.20. The van der Waals surface area contributed by atoms with E-state index in [-0.39, 0.29) is 5.75 Å². The lowest BCUT2D eigenvalue weighted by atomic mass is 10.0. The average molecular weight is 256 g/mol. The van der Waals surface area contributed by atoms with Gasteiger partial charge >= 0.3 is 5.97 Å². The van der Waals surface area contributed by atoms with E-state index in [2.05, 4.69) is 23.4 Å². The zero-order valence-electron chi connectivity index (χ0n) is 10.6. The molecule has 0 spiro atoms. The van der Waals surface area contributed by atoms with Crippen LogP contribution >= 0.6 is 11.8 Å². The number of rotatable bonds is 7. The Bertz CT molecular complexity index is 373. The van der Waals surface area contributed by atoms with Crippen molar-refractivity contribution in [2.45, 2.75) is 45.3 Å². The Kier molecular flexibility index (Phi) is 5.55. The van der Waals surface area contributed by atoms with Crippen molar-refractivity contribution in [3.05, 3.63) is 11.9 Å². The summed E-state index contributed by atoms with van der Waals surface area (Å²) in [6.07, 6.45) is 4.27. The summed E-state index contributed by atoms with van der Waals surface area (Å²) in [5.41, 5.74) is 0.948. The van der Waals surface area contributed by atoms with Crippen molar-refractivity contribution in [3.63, 3.8) is 0 Å². The van der Waals surface area contributed by atoms with Crippen molar-refractivity contribution < 1.29 is 9.90 Å². The summed E-state index contributed by atoms with van der Waals surface area (Å²) in [6.45, 7) is 7.23. The zero-order chi connectivity index (χ0) is 12.8. The third-order valence-corrected chi connectivity index (χ3v) is 3.77. The second-order valence-electron chi connectivity index (χ2n) is 4.18. The van der Waals surface area contributed by atoms with Crippen LogP contribution in [-0.4, -0.2) is 26.4 Å². The van der Waals surface area contributed by atoms with E-state index in [9.17, 15) is 4.79 Å². The number of hydrogen-bond donors (Lipinski definition) is 1. The third kappa shape index (κ3) is 4.42. The first-order valence-corrected chi connectivity index (χ1v) is 6.93. The Morgan fingerprint density at radius 1 is 1.53 bits per heavy atom. The number of carboxylic acid groups (broad SMARTS) is 1. The van der Waals surface area contributed by atoms with Gasteiger partial charge in [0.05, 0.1) is 11.4 Å². The first kappa shape index (κ1) is 14.1. The molecule has 1 heterocycles. The summed E-state index contributed by atoms with van der Waals surface area (Å²) in [7, 11) is 0. The van der Waals surface area contributed by atoms with Crippen LogP contribution in [0.25, 0.3) is 0 Å². The van der Waals surface area contributed by atoms with Crippen molar-refractivity contribution in [1.29, 1.82) is 0 Å². The van der Waals surface area contributed by atoms with E-state index in [1.807, 2.05) is 13.1 Å². The Hall–Kier alpha value is -0.970. The van der Waals surface area contributed by atoms with Crippen LogP contribution in [0.2, 0.25) is 0 Å². The molecule has 0 radical (unpaired) electrons. The van der Waals surface area contributed by atoms with Crippen molar-refractivity contribution in [3.8, 4) is 0 Å². The molecule has 17 heavy (non-hydrogen) atoms. The van der Waals surface area contributed by atoms with Crippen molar-refractivity contribution >= 4 is 17.7 Å². The molecule has 5 heteroatoms. The molecule has 0 saturated carbocycles. The summed E-state index contributed by atoms with van der Waals surface area (Å²) in [6, 6.07) is 0. The van der Waals surface area contributed by atoms with E-state index < -0.39 is 5.97 Å². The number of imidazole rings is 1. The van der Waals surface area contributed by atoms with Gasteiger partial charge in [0.2, 0.25) is 0 Å². The Labute approximate surface area is 106 Å². The van der Waals surface area contributed by atoms with Gasteiger partial charge in [-0.3, -0.25) is 4.79 Å². The van der Waals surface area contributed by atoms with E-state index in [1.54, 1.807) is 0 Å². The Balaban J connectivity index is 2.72. The minimum absolute atomic E-state index is 0.0688. The normalized spacial score (nSPS) is 11.1. The highest BCUT2D eigenvalue weighted by molar-refractivity contribution is 7.99. The number of thioether (sulfide) groups is 1. The monoisotopic (exact) mass is 256 g/mol. The van der Waals surface area contributed by atoms with E-state index in [1.165, 1.54) is 11.8 Å². The molecule has 96 valence electrons. The summed E-state index contributed by atoms with van der Waals surface area (Å²) in [4.78, 5) is 14.9. The number of hydrogen-bond acceptors (Lipinski definition) is 3. The maximum absolute atomic E-state index is 10.6. The number of nitrogens with zero attached hydrogens (tertiary/aromatic N) is 2. The van der Waals surface area contributed by atoms with Crippen LogP contribution in [0.1, 0.15) is 32.4 Å². The lowest BCUT2D eigenvalue weighted by Crippen LogP contribution is -2.10. The summed E-state index contributed by atoms with van der Waals surface area (Å²) in [5.74, 6) is -0.100. The predicted octanol–water partition coefficient (Wildman–Crippen LogP) is 2.80. The molecule has 0 aliphatic heterocycles. The maximum Gasteiger partial charge on any atom is 0.313 e. The molecule has 0 atom stereocenters. The van der Waals surface area contributed by atoms with Gasteiger partial charge < -0.3 is 9.67 Å². The van der Waals surface area contributed by atoms with Gasteiger partial charge in [-0.15, -0.1) is 0 Å². The van der Waals surface area contributed by atoms with Crippen molar-refractivity contribution in [1.82, 2.24) is 9.55 Å². The minimum atomic E-state index is -0.801. The molecule has 0 unspecified atom stereocenters. The molecule has 0 aromatic carbocycles. The van der Waals surface area contributed by atoms with Crippen molar-refractivity contribution in [2.75, 3.05) is 5.75 Å². The molecule has 0 amide bonds. The quantitative estimate of drug-likeness (QED) is 0.762. The number of aliphatic carboxylic acids is 1. The molecule has 4 nitrogen and oxygen atoms in total. The van der Waals surface area contributed by atoms with Crippen LogP contribution in [0.15, 0.2) is 11.4 Å². The molecule has 0 saturated heterocycles. The van der Waals surface area contributed by atoms with Crippen LogP contribution in [0.4, 0.5) is 0 Å². The molecule has 1 aromatic rings. The van der Waals surface area contributed by atoms with E-state index in [0.29, 0.717) is 5.92 Å². The summed E-state index contributed by atoms with van der Waals surface area (Å²) < 4.78 is 2.08. The maximum atomic E-state index is 10.6. The smallest absolute Gasteiger partial charge is 0.313 e. The highest BCUT2D eigenvalue weighted by atomic mass is 32.2. The fraction of sp³-hybridized carbons (Fsp3) is 0.667.